The molecule has 2 aromatic heterocycles. The van der Waals surface area contributed by atoms with E-state index < -0.39 is 11.4 Å². The molecule has 1 aliphatic rings. The van der Waals surface area contributed by atoms with Crippen LogP contribution in [0.4, 0.5) is 0 Å². The molecular weight excluding hydrogens is 552 g/mol. The van der Waals surface area contributed by atoms with Gasteiger partial charge in [-0.3, -0.25) is 4.79 Å². The topological polar surface area (TPSA) is 65.6 Å². The molecule has 0 fully saturated rings. The number of rotatable bonds is 9. The Bertz CT molecular complexity index is 1660. The highest BCUT2D eigenvalue weighted by atomic mass is 35.5. The number of nitrogens with one attached hydrogen (secondary N) is 1. The number of H-pyrrole nitrogens is 1. The van der Waals surface area contributed by atoms with Crippen LogP contribution in [0.1, 0.15) is 52.4 Å². The minimum Gasteiger partial charge on any atom is -0.483 e. The van der Waals surface area contributed by atoms with Crippen LogP contribution in [0.15, 0.2) is 83.3 Å². The Morgan fingerprint density at radius 2 is 1.90 bits per heavy atom. The summed E-state index contributed by atoms with van der Waals surface area (Å²) in [6, 6.07) is 18.6. The van der Waals surface area contributed by atoms with Crippen LogP contribution in [-0.2, 0) is 24.4 Å². The van der Waals surface area contributed by atoms with E-state index in [0.717, 1.165) is 50.3 Å². The quantitative estimate of drug-likeness (QED) is 0.158. The van der Waals surface area contributed by atoms with Gasteiger partial charge in [-0.15, -0.1) is 23.4 Å². The number of aliphatic carboxylic acids is 1. The fourth-order valence-electron chi connectivity index (χ4n) is 5.06. The molecular formula is C34H38ClN2O3S+. The Kier molecular flexibility index (Phi) is 8.27. The van der Waals surface area contributed by atoms with Crippen molar-refractivity contribution in [3.8, 4) is 5.75 Å². The second kappa shape index (κ2) is 11.6. The fraction of sp³-hybridized carbons (Fsp3) is 0.353. The SMILES string of the molecule is CC(C)(C)Sc1c(CC(C)(C)C(=O)O)n(CC2=CCC(Cl)C=C2)c2ccc(OCc3ccc4ccccc4[nH+]3)cc12. The third-order valence-corrected chi connectivity index (χ3v) is 8.86. The van der Waals surface area contributed by atoms with Crippen molar-refractivity contribution in [2.75, 3.05) is 0 Å². The molecule has 0 spiro atoms. The summed E-state index contributed by atoms with van der Waals surface area (Å²) in [7, 11) is 0. The molecule has 0 radical (unpaired) electrons. The van der Waals surface area contributed by atoms with Gasteiger partial charge in [0.25, 0.3) is 0 Å². The minimum absolute atomic E-state index is 0.0112. The Labute approximate surface area is 251 Å². The summed E-state index contributed by atoms with van der Waals surface area (Å²) in [4.78, 5) is 16.8. The van der Waals surface area contributed by atoms with Gasteiger partial charge in [0.2, 0.25) is 11.2 Å². The third-order valence-electron chi connectivity index (χ3n) is 7.27. The predicted octanol–water partition coefficient (Wildman–Crippen LogP) is 8.23. The van der Waals surface area contributed by atoms with Gasteiger partial charge in [-0.2, -0.15) is 0 Å². The first kappa shape index (κ1) is 29.3. The van der Waals surface area contributed by atoms with E-state index in [1.807, 2.05) is 24.3 Å². The highest BCUT2D eigenvalue weighted by Gasteiger charge is 2.33. The molecule has 7 heteroatoms. The molecule has 2 N–H and O–H groups in total. The Morgan fingerprint density at radius 1 is 1.12 bits per heavy atom. The van der Waals surface area contributed by atoms with Crippen LogP contribution in [0, 0.1) is 5.41 Å². The van der Waals surface area contributed by atoms with Crippen LogP contribution in [0.25, 0.3) is 21.8 Å². The van der Waals surface area contributed by atoms with Crippen molar-refractivity contribution in [3.63, 3.8) is 0 Å². The molecule has 4 aromatic rings. The lowest BCUT2D eigenvalue weighted by Crippen LogP contribution is -2.28. The number of halogens is 1. The number of fused-ring (bicyclic) bond motifs is 2. The summed E-state index contributed by atoms with van der Waals surface area (Å²) >= 11 is 8.09. The Balaban J connectivity index is 1.57. The molecule has 0 amide bonds. The monoisotopic (exact) mass is 589 g/mol. The van der Waals surface area contributed by atoms with Crippen molar-refractivity contribution in [1.82, 2.24) is 4.57 Å². The maximum atomic E-state index is 12.3. The number of pyridine rings is 1. The molecule has 0 saturated heterocycles. The number of hydrogen-bond donors (Lipinski definition) is 1. The molecule has 2 aromatic carbocycles. The first-order chi connectivity index (χ1) is 19.4. The molecule has 1 unspecified atom stereocenters. The van der Waals surface area contributed by atoms with Crippen molar-refractivity contribution < 1.29 is 19.6 Å². The zero-order chi connectivity index (χ0) is 29.4. The Hall–Kier alpha value is -3.22. The number of para-hydroxylation sites is 1. The van der Waals surface area contributed by atoms with Gasteiger partial charge in [-0.05, 0) is 56.2 Å². The van der Waals surface area contributed by atoms with E-state index in [1.54, 1.807) is 25.6 Å². The van der Waals surface area contributed by atoms with E-state index in [2.05, 4.69) is 78.9 Å². The summed E-state index contributed by atoms with van der Waals surface area (Å²) in [6.45, 7) is 11.2. The number of ether oxygens (including phenoxy) is 1. The van der Waals surface area contributed by atoms with Crippen LogP contribution >= 0.6 is 23.4 Å². The Morgan fingerprint density at radius 3 is 2.61 bits per heavy atom. The number of benzene rings is 2. The molecule has 1 aliphatic carbocycles. The summed E-state index contributed by atoms with van der Waals surface area (Å²) in [5.41, 5.74) is 4.41. The van der Waals surface area contributed by atoms with Crippen molar-refractivity contribution in [2.24, 2.45) is 5.41 Å². The zero-order valence-corrected chi connectivity index (χ0v) is 25.9. The largest absolute Gasteiger partial charge is 0.483 e. The van der Waals surface area contributed by atoms with Crippen LogP contribution in [0.5, 0.6) is 5.75 Å². The number of thioether (sulfide) groups is 1. The third kappa shape index (κ3) is 6.82. The zero-order valence-electron chi connectivity index (χ0n) is 24.3. The fourth-order valence-corrected chi connectivity index (χ4v) is 6.41. The predicted molar refractivity (Wildman–Crippen MR) is 169 cm³/mol. The molecule has 5 rings (SSSR count). The first-order valence-electron chi connectivity index (χ1n) is 14.0. The maximum absolute atomic E-state index is 12.3. The van der Waals surface area contributed by atoms with Crippen molar-refractivity contribution in [3.05, 3.63) is 89.8 Å². The van der Waals surface area contributed by atoms with Crippen molar-refractivity contribution in [2.45, 2.75) is 75.6 Å². The number of nitrogens with zero attached hydrogens (tertiary/aromatic N) is 1. The van der Waals surface area contributed by atoms with Gasteiger partial charge in [0.05, 0.1) is 10.8 Å². The van der Waals surface area contributed by atoms with Gasteiger partial charge < -0.3 is 14.4 Å². The van der Waals surface area contributed by atoms with Gasteiger partial charge in [0.15, 0.2) is 6.61 Å². The summed E-state index contributed by atoms with van der Waals surface area (Å²) in [5, 5.41) is 12.3. The average Bonchev–Trinajstić information content (AvgIpc) is 3.18. The van der Waals surface area contributed by atoms with Gasteiger partial charge in [-0.1, -0.05) is 51.1 Å². The smallest absolute Gasteiger partial charge is 0.309 e. The average molecular weight is 590 g/mol. The maximum Gasteiger partial charge on any atom is 0.309 e. The van der Waals surface area contributed by atoms with E-state index in [1.165, 1.54) is 5.57 Å². The summed E-state index contributed by atoms with van der Waals surface area (Å²) < 4.78 is 8.52. The number of aromatic nitrogens is 2. The second-order valence-electron chi connectivity index (χ2n) is 12.4. The van der Waals surface area contributed by atoms with Gasteiger partial charge >= 0.3 is 5.97 Å². The molecule has 0 aliphatic heterocycles. The standard InChI is InChI=1S/C34H37ClN2O3S/c1-33(2,3)41-31-27-18-26(40-21-25-15-12-23-8-6-7-9-28(23)36-25)16-17-29(27)37(20-22-10-13-24(35)14-11-22)30(31)19-34(4,5)32(38)39/h6-13,15-18,24H,14,19-21H2,1-5H3,(H,38,39)/p+1. The number of aromatic amines is 1. The number of carboxylic acids is 1. The van der Waals surface area contributed by atoms with Crippen molar-refractivity contribution in [1.29, 1.82) is 0 Å². The molecule has 1 atom stereocenters. The van der Waals surface area contributed by atoms with Gasteiger partial charge in [0.1, 0.15) is 5.75 Å². The van der Waals surface area contributed by atoms with E-state index in [9.17, 15) is 9.90 Å². The lowest BCUT2D eigenvalue weighted by atomic mass is 9.88. The lowest BCUT2D eigenvalue weighted by molar-refractivity contribution is -0.362. The molecule has 0 saturated carbocycles. The van der Waals surface area contributed by atoms with Crippen molar-refractivity contribution >= 4 is 51.1 Å². The summed E-state index contributed by atoms with van der Waals surface area (Å²) in [5.74, 6) is -0.0313. The van der Waals surface area contributed by atoms with E-state index in [4.69, 9.17) is 16.3 Å². The highest BCUT2D eigenvalue weighted by Crippen LogP contribution is 2.44. The van der Waals surface area contributed by atoms with Crippen LogP contribution < -0.4 is 9.72 Å². The molecule has 214 valence electrons. The normalized spacial score (nSPS) is 15.9. The number of alkyl halides is 1. The second-order valence-corrected chi connectivity index (χ2v) is 14.8. The number of carboxylic acid groups (broad SMARTS) is 1. The molecule has 5 nitrogen and oxygen atoms in total. The van der Waals surface area contributed by atoms with Crippen LogP contribution in [0.3, 0.4) is 0 Å². The van der Waals surface area contributed by atoms with E-state index in [-0.39, 0.29) is 10.1 Å². The van der Waals surface area contributed by atoms with E-state index in [0.29, 0.717) is 19.6 Å². The lowest BCUT2D eigenvalue weighted by Gasteiger charge is -2.24. The minimum atomic E-state index is -0.928. The number of hydrogen-bond acceptors (Lipinski definition) is 3. The van der Waals surface area contributed by atoms with Crippen LogP contribution in [-0.4, -0.2) is 25.8 Å². The molecule has 41 heavy (non-hydrogen) atoms. The molecule has 0 bridgehead atoms. The van der Waals surface area contributed by atoms with Crippen LogP contribution in [0.2, 0.25) is 0 Å². The van der Waals surface area contributed by atoms with Gasteiger partial charge in [0, 0.05) is 56.7 Å². The molecule has 2 heterocycles. The number of allylic oxidation sites excluding steroid dienone is 4. The number of carbonyl (C=O) groups is 1. The van der Waals surface area contributed by atoms with E-state index >= 15 is 0 Å². The highest BCUT2D eigenvalue weighted by molar-refractivity contribution is 8.00. The summed E-state index contributed by atoms with van der Waals surface area (Å²) in [6.07, 6.45) is 7.50. The first-order valence-corrected chi connectivity index (χ1v) is 15.3. The van der Waals surface area contributed by atoms with Gasteiger partial charge in [-0.25, -0.2) is 4.98 Å².